The second-order valence-electron chi connectivity index (χ2n) is 6.23. The molecule has 6 heteroatoms. The molecule has 1 N–H and O–H groups in total. The molecule has 0 radical (unpaired) electrons. The molecule has 0 bridgehead atoms. The van der Waals surface area contributed by atoms with E-state index in [-0.39, 0.29) is 24.0 Å². The average molecular weight is 352 g/mol. The Morgan fingerprint density at radius 2 is 1.88 bits per heavy atom. The Hall–Kier alpha value is -3.15. The van der Waals surface area contributed by atoms with E-state index in [0.717, 1.165) is 5.69 Å². The van der Waals surface area contributed by atoms with Gasteiger partial charge in [-0.2, -0.15) is 0 Å². The van der Waals surface area contributed by atoms with Crippen molar-refractivity contribution in [1.29, 1.82) is 0 Å². The summed E-state index contributed by atoms with van der Waals surface area (Å²) in [4.78, 5) is 37.9. The van der Waals surface area contributed by atoms with E-state index in [2.05, 4.69) is 5.32 Å². The highest BCUT2D eigenvalue weighted by Crippen LogP contribution is 2.27. The SMILES string of the molecule is COc1ccc(N2C[C@H](C(=O)Nc3cccc(C(C)=O)c3)CC2=O)cc1. The molecule has 1 aliphatic heterocycles. The highest BCUT2D eigenvalue weighted by atomic mass is 16.5. The van der Waals surface area contributed by atoms with Gasteiger partial charge >= 0.3 is 0 Å². The molecule has 26 heavy (non-hydrogen) atoms. The number of carbonyl (C=O) groups excluding carboxylic acids is 3. The van der Waals surface area contributed by atoms with E-state index in [4.69, 9.17) is 4.74 Å². The monoisotopic (exact) mass is 352 g/mol. The second-order valence-corrected chi connectivity index (χ2v) is 6.23. The highest BCUT2D eigenvalue weighted by molar-refractivity contribution is 6.04. The standard InChI is InChI=1S/C20H20N2O4/c1-13(23)14-4-3-5-16(10-14)21-20(25)15-11-19(24)22(12-15)17-6-8-18(26-2)9-7-17/h3-10,15H,11-12H2,1-2H3,(H,21,25)/t15-/m1/s1. The Morgan fingerprint density at radius 1 is 1.15 bits per heavy atom. The molecule has 2 aromatic rings. The minimum Gasteiger partial charge on any atom is -0.497 e. The van der Waals surface area contributed by atoms with Crippen LogP contribution in [0.15, 0.2) is 48.5 Å². The number of nitrogens with zero attached hydrogens (tertiary/aromatic N) is 1. The summed E-state index contributed by atoms with van der Waals surface area (Å²) >= 11 is 0. The number of ketones is 1. The molecule has 0 aliphatic carbocycles. The zero-order valence-electron chi connectivity index (χ0n) is 14.7. The van der Waals surface area contributed by atoms with Gasteiger partial charge in [0.2, 0.25) is 11.8 Å². The Kier molecular flexibility index (Phi) is 5.02. The van der Waals surface area contributed by atoms with Crippen molar-refractivity contribution in [1.82, 2.24) is 0 Å². The number of hydrogen-bond donors (Lipinski definition) is 1. The number of hydrogen-bond acceptors (Lipinski definition) is 4. The number of methoxy groups -OCH3 is 1. The maximum atomic E-state index is 12.5. The summed E-state index contributed by atoms with van der Waals surface area (Å²) in [6.07, 6.45) is 0.157. The molecule has 134 valence electrons. The van der Waals surface area contributed by atoms with Crippen LogP contribution >= 0.6 is 0 Å². The number of rotatable bonds is 5. The van der Waals surface area contributed by atoms with Gasteiger partial charge in [-0.25, -0.2) is 0 Å². The third-order valence-electron chi connectivity index (χ3n) is 4.42. The van der Waals surface area contributed by atoms with E-state index in [9.17, 15) is 14.4 Å². The number of benzene rings is 2. The van der Waals surface area contributed by atoms with Crippen molar-refractivity contribution in [3.05, 3.63) is 54.1 Å². The summed E-state index contributed by atoms with van der Waals surface area (Å²) in [6.45, 7) is 1.80. The van der Waals surface area contributed by atoms with Gasteiger partial charge in [0.15, 0.2) is 5.78 Å². The zero-order valence-corrected chi connectivity index (χ0v) is 14.7. The van der Waals surface area contributed by atoms with Crippen LogP contribution in [0, 0.1) is 5.92 Å². The quantitative estimate of drug-likeness (QED) is 0.840. The first kappa shape index (κ1) is 17.7. The van der Waals surface area contributed by atoms with E-state index in [1.807, 2.05) is 0 Å². The predicted octanol–water partition coefficient (Wildman–Crippen LogP) is 2.89. The van der Waals surface area contributed by atoms with Gasteiger partial charge < -0.3 is 15.0 Å². The van der Waals surface area contributed by atoms with Crippen molar-refractivity contribution in [2.24, 2.45) is 5.92 Å². The van der Waals surface area contributed by atoms with Crippen molar-refractivity contribution < 1.29 is 19.1 Å². The van der Waals surface area contributed by atoms with Crippen molar-refractivity contribution in [3.8, 4) is 5.75 Å². The van der Waals surface area contributed by atoms with E-state index >= 15 is 0 Å². The molecule has 6 nitrogen and oxygen atoms in total. The van der Waals surface area contributed by atoms with Gasteiger partial charge in [0.05, 0.1) is 13.0 Å². The molecule has 0 saturated carbocycles. The third kappa shape index (κ3) is 3.74. The van der Waals surface area contributed by atoms with Gasteiger partial charge in [-0.05, 0) is 43.3 Å². The first-order valence-electron chi connectivity index (χ1n) is 8.34. The molecule has 2 aromatic carbocycles. The summed E-state index contributed by atoms with van der Waals surface area (Å²) in [7, 11) is 1.58. The molecule has 1 saturated heterocycles. The van der Waals surface area contributed by atoms with Gasteiger partial charge in [0.1, 0.15) is 5.75 Å². The van der Waals surface area contributed by atoms with Crippen molar-refractivity contribution in [2.45, 2.75) is 13.3 Å². The minimum absolute atomic E-state index is 0.0668. The number of carbonyl (C=O) groups is 3. The molecule has 1 fully saturated rings. The lowest BCUT2D eigenvalue weighted by Gasteiger charge is -2.17. The molecular formula is C20H20N2O4. The van der Waals surface area contributed by atoms with Crippen LogP contribution in [0.5, 0.6) is 5.75 Å². The number of nitrogens with one attached hydrogen (secondary N) is 1. The molecular weight excluding hydrogens is 332 g/mol. The highest BCUT2D eigenvalue weighted by Gasteiger charge is 2.35. The number of anilines is 2. The van der Waals surface area contributed by atoms with Crippen LogP contribution in [-0.4, -0.2) is 31.3 Å². The van der Waals surface area contributed by atoms with Crippen LogP contribution in [0.3, 0.4) is 0 Å². The van der Waals surface area contributed by atoms with Crippen LogP contribution in [0.25, 0.3) is 0 Å². The Bertz CT molecular complexity index is 845. The molecule has 1 heterocycles. The van der Waals surface area contributed by atoms with Crippen LogP contribution in [0.4, 0.5) is 11.4 Å². The zero-order chi connectivity index (χ0) is 18.7. The molecule has 0 unspecified atom stereocenters. The molecule has 2 amide bonds. The fourth-order valence-corrected chi connectivity index (χ4v) is 2.96. The van der Waals surface area contributed by atoms with Crippen LogP contribution < -0.4 is 15.0 Å². The normalized spacial score (nSPS) is 16.5. The smallest absolute Gasteiger partial charge is 0.229 e. The first-order valence-corrected chi connectivity index (χ1v) is 8.34. The summed E-state index contributed by atoms with van der Waals surface area (Å²) in [6, 6.07) is 13.9. The lowest BCUT2D eigenvalue weighted by molar-refractivity contribution is -0.122. The first-order chi connectivity index (χ1) is 12.5. The lowest BCUT2D eigenvalue weighted by Crippen LogP contribution is -2.28. The maximum absolute atomic E-state index is 12.5. The molecule has 1 atom stereocenters. The Balaban J connectivity index is 1.68. The summed E-state index contributed by atoms with van der Waals surface area (Å²) in [5.74, 6) is -0.115. The van der Waals surface area contributed by atoms with Crippen molar-refractivity contribution in [3.63, 3.8) is 0 Å². The van der Waals surface area contributed by atoms with Gasteiger partial charge in [-0.3, -0.25) is 14.4 Å². The van der Waals surface area contributed by atoms with E-state index in [0.29, 0.717) is 23.5 Å². The van der Waals surface area contributed by atoms with Crippen LogP contribution in [0.2, 0.25) is 0 Å². The van der Waals surface area contributed by atoms with E-state index in [1.54, 1.807) is 60.5 Å². The second kappa shape index (κ2) is 7.39. The summed E-state index contributed by atoms with van der Waals surface area (Å²) in [5.41, 5.74) is 1.83. The van der Waals surface area contributed by atoms with Gasteiger partial charge in [-0.1, -0.05) is 12.1 Å². The van der Waals surface area contributed by atoms with Crippen molar-refractivity contribution >= 4 is 29.0 Å². The van der Waals surface area contributed by atoms with Crippen LogP contribution in [0.1, 0.15) is 23.7 Å². The Labute approximate surface area is 151 Å². The van der Waals surface area contributed by atoms with Gasteiger partial charge in [-0.15, -0.1) is 0 Å². The number of amides is 2. The van der Waals surface area contributed by atoms with E-state index < -0.39 is 5.92 Å². The fraction of sp³-hybridized carbons (Fsp3) is 0.250. The Morgan fingerprint density at radius 3 is 2.54 bits per heavy atom. The van der Waals surface area contributed by atoms with Crippen LogP contribution in [-0.2, 0) is 9.59 Å². The summed E-state index contributed by atoms with van der Waals surface area (Å²) in [5, 5.41) is 2.80. The van der Waals surface area contributed by atoms with Crippen molar-refractivity contribution in [2.75, 3.05) is 23.9 Å². The molecule has 3 rings (SSSR count). The molecule has 1 aliphatic rings. The lowest BCUT2D eigenvalue weighted by atomic mass is 10.1. The molecule has 0 aromatic heterocycles. The minimum atomic E-state index is -0.439. The number of ether oxygens (including phenoxy) is 1. The van der Waals surface area contributed by atoms with Gasteiger partial charge in [0.25, 0.3) is 0 Å². The summed E-state index contributed by atoms with van der Waals surface area (Å²) < 4.78 is 5.12. The fourth-order valence-electron chi connectivity index (χ4n) is 2.96. The number of Topliss-reactive ketones (excluding diaryl/α,β-unsaturated/α-hetero) is 1. The molecule has 0 spiro atoms. The average Bonchev–Trinajstić information content (AvgIpc) is 3.04. The largest absolute Gasteiger partial charge is 0.497 e. The van der Waals surface area contributed by atoms with E-state index in [1.165, 1.54) is 6.92 Å². The predicted molar refractivity (Wildman–Crippen MR) is 98.5 cm³/mol. The third-order valence-corrected chi connectivity index (χ3v) is 4.42. The topological polar surface area (TPSA) is 75.7 Å². The van der Waals surface area contributed by atoms with Gasteiger partial charge in [0, 0.05) is 29.9 Å². The maximum Gasteiger partial charge on any atom is 0.229 e.